The number of halogens is 1. The van der Waals surface area contributed by atoms with E-state index < -0.39 is 6.04 Å². The number of hydrogen-bond donors (Lipinski definition) is 1. The third-order valence-corrected chi connectivity index (χ3v) is 4.10. The van der Waals surface area contributed by atoms with Gasteiger partial charge < -0.3 is 10.2 Å². The molecule has 6 heteroatoms. The molecule has 0 saturated heterocycles. The Kier molecular flexibility index (Phi) is 5.72. The summed E-state index contributed by atoms with van der Waals surface area (Å²) < 4.78 is 0.970. The molecule has 0 spiro atoms. The highest BCUT2D eigenvalue weighted by Gasteiger charge is 2.19. The van der Waals surface area contributed by atoms with Crippen LogP contribution in [0, 0.1) is 6.92 Å². The quantitative estimate of drug-likeness (QED) is 0.873. The van der Waals surface area contributed by atoms with E-state index in [1.54, 1.807) is 34.0 Å². The van der Waals surface area contributed by atoms with Gasteiger partial charge in [0.05, 0.1) is 17.0 Å². The van der Waals surface area contributed by atoms with Gasteiger partial charge in [-0.15, -0.1) is 0 Å². The lowest BCUT2D eigenvalue weighted by atomic mass is 10.1. The minimum Gasteiger partial charge on any atom is -0.347 e. The highest BCUT2D eigenvalue weighted by molar-refractivity contribution is 9.10. The minimum absolute atomic E-state index is 0.153. The zero-order valence-electron chi connectivity index (χ0n) is 14.1. The Bertz CT molecular complexity index is 775. The molecule has 1 heterocycles. The van der Waals surface area contributed by atoms with Crippen LogP contribution in [0.4, 0.5) is 0 Å². The van der Waals surface area contributed by atoms with Crippen LogP contribution in [0.25, 0.3) is 11.3 Å². The number of likely N-dealkylation sites (N-methyl/N-ethyl adjacent to an activating group) is 1. The van der Waals surface area contributed by atoms with Crippen molar-refractivity contribution in [2.75, 3.05) is 14.1 Å². The molecule has 0 unspecified atom stereocenters. The Labute approximate surface area is 150 Å². The van der Waals surface area contributed by atoms with Gasteiger partial charge in [0.2, 0.25) is 5.91 Å². The molecule has 0 aliphatic heterocycles. The molecule has 24 heavy (non-hydrogen) atoms. The monoisotopic (exact) mass is 389 g/mol. The molecular formula is C18H20BrN3O2. The molecule has 0 aliphatic carbocycles. The summed E-state index contributed by atoms with van der Waals surface area (Å²) in [4.78, 5) is 30.2. The Morgan fingerprint density at radius 2 is 1.92 bits per heavy atom. The second-order valence-corrected chi connectivity index (χ2v) is 6.68. The van der Waals surface area contributed by atoms with E-state index in [2.05, 4.69) is 26.2 Å². The molecule has 0 aliphatic rings. The molecule has 0 fully saturated rings. The maximum absolute atomic E-state index is 12.4. The van der Waals surface area contributed by atoms with Gasteiger partial charge in [-0.2, -0.15) is 0 Å². The zero-order chi connectivity index (χ0) is 17.9. The number of aromatic nitrogens is 1. The van der Waals surface area contributed by atoms with Gasteiger partial charge in [-0.05, 0) is 38.1 Å². The first-order valence-corrected chi connectivity index (χ1v) is 8.34. The number of carbonyl (C=O) groups excluding carboxylic acids is 2. The summed E-state index contributed by atoms with van der Waals surface area (Å²) in [6, 6.07) is 10.8. The summed E-state index contributed by atoms with van der Waals surface area (Å²) in [5, 5.41) is 2.71. The number of pyridine rings is 1. The van der Waals surface area contributed by atoms with E-state index in [4.69, 9.17) is 0 Å². The van der Waals surface area contributed by atoms with Crippen molar-refractivity contribution in [1.29, 1.82) is 0 Å². The smallest absolute Gasteiger partial charge is 0.253 e. The van der Waals surface area contributed by atoms with Crippen LogP contribution >= 0.6 is 15.9 Å². The van der Waals surface area contributed by atoms with Crippen molar-refractivity contribution in [3.8, 4) is 11.3 Å². The first kappa shape index (κ1) is 18.1. The zero-order valence-corrected chi connectivity index (χ0v) is 15.7. The van der Waals surface area contributed by atoms with Gasteiger partial charge >= 0.3 is 0 Å². The molecule has 126 valence electrons. The molecule has 5 nitrogen and oxygen atoms in total. The summed E-state index contributed by atoms with van der Waals surface area (Å²) in [6.45, 7) is 3.45. The lowest BCUT2D eigenvalue weighted by Crippen LogP contribution is -2.44. The van der Waals surface area contributed by atoms with Crippen molar-refractivity contribution in [3.63, 3.8) is 0 Å². The van der Waals surface area contributed by atoms with Crippen LogP contribution in [-0.4, -0.2) is 41.8 Å². The Morgan fingerprint density at radius 1 is 1.21 bits per heavy atom. The van der Waals surface area contributed by atoms with Crippen molar-refractivity contribution < 1.29 is 9.59 Å². The van der Waals surface area contributed by atoms with Crippen LogP contribution in [0.5, 0.6) is 0 Å². The first-order valence-electron chi connectivity index (χ1n) is 7.55. The highest BCUT2D eigenvalue weighted by Crippen LogP contribution is 2.22. The lowest BCUT2D eigenvalue weighted by molar-refractivity contribution is -0.130. The number of nitrogens with zero attached hydrogens (tertiary/aromatic N) is 2. The summed E-state index contributed by atoms with van der Waals surface area (Å²) in [5.41, 5.74) is 2.85. The highest BCUT2D eigenvalue weighted by atomic mass is 79.9. The number of carbonyl (C=O) groups is 2. The molecular weight excluding hydrogens is 370 g/mol. The van der Waals surface area contributed by atoms with Crippen LogP contribution in [-0.2, 0) is 4.79 Å². The second kappa shape index (κ2) is 7.57. The maximum atomic E-state index is 12.4. The number of amides is 2. The van der Waals surface area contributed by atoms with Crippen molar-refractivity contribution in [3.05, 3.63) is 52.1 Å². The summed E-state index contributed by atoms with van der Waals surface area (Å²) in [6.07, 6.45) is 0. The van der Waals surface area contributed by atoms with Gasteiger partial charge in [0, 0.05) is 24.1 Å². The molecule has 1 aromatic carbocycles. The van der Waals surface area contributed by atoms with Crippen LogP contribution in [0.15, 0.2) is 40.9 Å². The molecule has 1 aromatic heterocycles. The normalized spacial score (nSPS) is 11.7. The lowest BCUT2D eigenvalue weighted by Gasteiger charge is -2.18. The molecule has 0 saturated carbocycles. The van der Waals surface area contributed by atoms with Gasteiger partial charge in [0.1, 0.15) is 6.04 Å². The topological polar surface area (TPSA) is 62.3 Å². The van der Waals surface area contributed by atoms with Crippen molar-refractivity contribution >= 4 is 27.7 Å². The van der Waals surface area contributed by atoms with Gasteiger partial charge in [0.15, 0.2) is 0 Å². The fraction of sp³-hybridized carbons (Fsp3) is 0.278. The first-order chi connectivity index (χ1) is 11.3. The fourth-order valence-electron chi connectivity index (χ4n) is 2.33. The Morgan fingerprint density at radius 3 is 2.50 bits per heavy atom. The molecule has 2 aromatic rings. The van der Waals surface area contributed by atoms with Crippen LogP contribution < -0.4 is 5.32 Å². The molecule has 1 N–H and O–H groups in total. The number of aryl methyl sites for hydroxylation is 1. The molecule has 2 amide bonds. The predicted molar refractivity (Wildman–Crippen MR) is 97.7 cm³/mol. The molecule has 1 atom stereocenters. The molecule has 2 rings (SSSR count). The average Bonchev–Trinajstić information content (AvgIpc) is 2.53. The van der Waals surface area contributed by atoms with Crippen molar-refractivity contribution in [1.82, 2.24) is 15.2 Å². The SMILES string of the molecule is Cc1nc(-c2cccc(Br)c2)ccc1C(=O)N[C@@H](C)C(=O)N(C)C. The van der Waals surface area contributed by atoms with E-state index in [-0.39, 0.29) is 11.8 Å². The van der Waals surface area contributed by atoms with Gasteiger partial charge in [0.25, 0.3) is 5.91 Å². The van der Waals surface area contributed by atoms with E-state index >= 15 is 0 Å². The molecule has 0 bridgehead atoms. The number of nitrogens with one attached hydrogen (secondary N) is 1. The maximum Gasteiger partial charge on any atom is 0.253 e. The number of benzene rings is 1. The van der Waals surface area contributed by atoms with Crippen LogP contribution in [0.1, 0.15) is 23.0 Å². The van der Waals surface area contributed by atoms with Gasteiger partial charge in [-0.25, -0.2) is 0 Å². The van der Waals surface area contributed by atoms with Crippen molar-refractivity contribution in [2.45, 2.75) is 19.9 Å². The number of rotatable bonds is 4. The standard InChI is InChI=1S/C18H20BrN3O2/c1-11-15(17(23)21-12(2)18(24)22(3)4)8-9-16(20-11)13-6-5-7-14(19)10-13/h5-10,12H,1-4H3,(H,21,23)/t12-/m0/s1. The summed E-state index contributed by atoms with van der Waals surface area (Å²) in [7, 11) is 3.31. The van der Waals surface area contributed by atoms with E-state index in [0.29, 0.717) is 11.3 Å². The minimum atomic E-state index is -0.586. The van der Waals surface area contributed by atoms with Gasteiger partial charge in [-0.1, -0.05) is 28.1 Å². The van der Waals surface area contributed by atoms with Crippen LogP contribution in [0.2, 0.25) is 0 Å². The van der Waals surface area contributed by atoms with Crippen molar-refractivity contribution in [2.24, 2.45) is 0 Å². The summed E-state index contributed by atoms with van der Waals surface area (Å²) >= 11 is 3.44. The van der Waals surface area contributed by atoms with Crippen LogP contribution in [0.3, 0.4) is 0 Å². The molecule has 0 radical (unpaired) electrons. The number of hydrogen-bond acceptors (Lipinski definition) is 3. The second-order valence-electron chi connectivity index (χ2n) is 5.77. The van der Waals surface area contributed by atoms with E-state index in [1.807, 2.05) is 30.3 Å². The fourth-order valence-corrected chi connectivity index (χ4v) is 2.73. The summed E-state index contributed by atoms with van der Waals surface area (Å²) in [5.74, 6) is -0.455. The van der Waals surface area contributed by atoms with E-state index in [1.165, 1.54) is 4.90 Å². The Hall–Kier alpha value is -2.21. The third-order valence-electron chi connectivity index (χ3n) is 3.61. The average molecular weight is 390 g/mol. The van der Waals surface area contributed by atoms with Gasteiger partial charge in [-0.3, -0.25) is 14.6 Å². The third kappa shape index (κ3) is 4.20. The largest absolute Gasteiger partial charge is 0.347 e. The Balaban J connectivity index is 2.20. The van der Waals surface area contributed by atoms with E-state index in [9.17, 15) is 9.59 Å². The van der Waals surface area contributed by atoms with E-state index in [0.717, 1.165) is 15.7 Å². The predicted octanol–water partition coefficient (Wildman–Crippen LogP) is 3.03.